The van der Waals surface area contributed by atoms with Crippen LogP contribution in [-0.2, 0) is 4.79 Å². The van der Waals surface area contributed by atoms with Crippen LogP contribution < -0.4 is 5.32 Å². The number of nitrogens with one attached hydrogen (secondary N) is 1. The second-order valence-corrected chi connectivity index (χ2v) is 6.44. The molecule has 1 aliphatic rings. The molecule has 108 valence electrons. The van der Waals surface area contributed by atoms with Crippen molar-refractivity contribution in [3.05, 3.63) is 64.4 Å². The van der Waals surface area contributed by atoms with Crippen LogP contribution in [-0.4, -0.2) is 10.9 Å². The molecule has 1 heterocycles. The predicted molar refractivity (Wildman–Crippen MR) is 85.8 cm³/mol. The van der Waals surface area contributed by atoms with Gasteiger partial charge in [0.1, 0.15) is 0 Å². The van der Waals surface area contributed by atoms with Gasteiger partial charge in [0.15, 0.2) is 0 Å². The standard InChI is InChI=1S/C17H17BrN2O/c1-11(13-5-3-7-19-10-13)20-17(21)16-9-15(16)12-4-2-6-14(18)8-12/h2-8,10-11,15-16H,9H2,1H3,(H,20,21)/t11-,15-,16-/m0/s1. The summed E-state index contributed by atoms with van der Waals surface area (Å²) >= 11 is 3.48. The molecule has 1 aromatic carbocycles. The zero-order valence-corrected chi connectivity index (χ0v) is 13.4. The molecule has 2 aromatic rings. The fraction of sp³-hybridized carbons (Fsp3) is 0.294. The zero-order valence-electron chi connectivity index (χ0n) is 11.8. The highest BCUT2D eigenvalue weighted by Crippen LogP contribution is 2.48. The molecule has 3 rings (SSSR count). The summed E-state index contributed by atoms with van der Waals surface area (Å²) in [5.41, 5.74) is 2.27. The van der Waals surface area contributed by atoms with Gasteiger partial charge in [0, 0.05) is 22.8 Å². The Balaban J connectivity index is 1.61. The van der Waals surface area contributed by atoms with Gasteiger partial charge in [-0.05, 0) is 48.6 Å². The van der Waals surface area contributed by atoms with Gasteiger partial charge in [0.2, 0.25) is 5.91 Å². The molecule has 4 heteroatoms. The van der Waals surface area contributed by atoms with Crippen LogP contribution in [0.4, 0.5) is 0 Å². The molecule has 1 fully saturated rings. The topological polar surface area (TPSA) is 42.0 Å². The molecule has 3 nitrogen and oxygen atoms in total. The number of hydrogen-bond donors (Lipinski definition) is 1. The first kappa shape index (κ1) is 14.3. The molecule has 0 spiro atoms. The SMILES string of the molecule is C[C@H](NC(=O)[C@H]1C[C@H]1c1cccc(Br)c1)c1cccnc1. The maximum atomic E-state index is 12.3. The molecule has 0 saturated heterocycles. The van der Waals surface area contributed by atoms with Crippen LogP contribution in [0, 0.1) is 5.92 Å². The van der Waals surface area contributed by atoms with Crippen molar-refractivity contribution in [2.75, 3.05) is 0 Å². The number of carbonyl (C=O) groups excluding carboxylic acids is 1. The molecule has 1 saturated carbocycles. The van der Waals surface area contributed by atoms with Gasteiger partial charge in [0.05, 0.1) is 6.04 Å². The average Bonchev–Trinajstić information content (AvgIpc) is 3.29. The summed E-state index contributed by atoms with van der Waals surface area (Å²) in [7, 11) is 0. The third-order valence-electron chi connectivity index (χ3n) is 3.95. The van der Waals surface area contributed by atoms with Crippen LogP contribution in [0.25, 0.3) is 0 Å². The lowest BCUT2D eigenvalue weighted by molar-refractivity contribution is -0.123. The Morgan fingerprint density at radius 3 is 2.95 bits per heavy atom. The van der Waals surface area contributed by atoms with Crippen LogP contribution in [0.3, 0.4) is 0 Å². The van der Waals surface area contributed by atoms with E-state index < -0.39 is 0 Å². The summed E-state index contributed by atoms with van der Waals surface area (Å²) < 4.78 is 1.06. The smallest absolute Gasteiger partial charge is 0.224 e. The number of hydrogen-bond acceptors (Lipinski definition) is 2. The Morgan fingerprint density at radius 2 is 2.24 bits per heavy atom. The summed E-state index contributed by atoms with van der Waals surface area (Å²) in [5.74, 6) is 0.582. The number of amides is 1. The quantitative estimate of drug-likeness (QED) is 0.915. The first-order valence-electron chi connectivity index (χ1n) is 7.11. The number of rotatable bonds is 4. The fourth-order valence-electron chi connectivity index (χ4n) is 2.63. The van der Waals surface area contributed by atoms with Gasteiger partial charge in [0.25, 0.3) is 0 Å². The first-order chi connectivity index (χ1) is 10.1. The Hall–Kier alpha value is -1.68. The van der Waals surface area contributed by atoms with E-state index in [2.05, 4.69) is 38.4 Å². The lowest BCUT2D eigenvalue weighted by atomic mass is 10.1. The predicted octanol–water partition coefficient (Wildman–Crippen LogP) is 3.83. The normalized spacial score (nSPS) is 21.6. The van der Waals surface area contributed by atoms with Crippen molar-refractivity contribution in [2.24, 2.45) is 5.92 Å². The van der Waals surface area contributed by atoms with Crippen LogP contribution >= 0.6 is 15.9 Å². The fourth-order valence-corrected chi connectivity index (χ4v) is 3.04. The third kappa shape index (κ3) is 3.32. The van der Waals surface area contributed by atoms with E-state index in [-0.39, 0.29) is 17.9 Å². The van der Waals surface area contributed by atoms with Crippen molar-refractivity contribution in [1.29, 1.82) is 0 Å². The molecular formula is C17H17BrN2O. The number of aromatic nitrogens is 1. The van der Waals surface area contributed by atoms with E-state index in [0.717, 1.165) is 16.5 Å². The van der Waals surface area contributed by atoms with Gasteiger partial charge >= 0.3 is 0 Å². The van der Waals surface area contributed by atoms with Crippen molar-refractivity contribution in [2.45, 2.75) is 25.3 Å². The van der Waals surface area contributed by atoms with Crippen LogP contribution in [0.2, 0.25) is 0 Å². The van der Waals surface area contributed by atoms with Gasteiger partial charge in [-0.3, -0.25) is 9.78 Å². The van der Waals surface area contributed by atoms with Crippen molar-refractivity contribution in [3.63, 3.8) is 0 Å². The first-order valence-corrected chi connectivity index (χ1v) is 7.90. The summed E-state index contributed by atoms with van der Waals surface area (Å²) in [6.07, 6.45) is 4.47. The van der Waals surface area contributed by atoms with Crippen LogP contribution in [0.5, 0.6) is 0 Å². The monoisotopic (exact) mass is 344 g/mol. The van der Waals surface area contributed by atoms with Gasteiger partial charge in [-0.25, -0.2) is 0 Å². The van der Waals surface area contributed by atoms with Gasteiger partial charge in [-0.2, -0.15) is 0 Å². The molecule has 0 unspecified atom stereocenters. The minimum absolute atomic E-state index is 0.00467. The molecule has 21 heavy (non-hydrogen) atoms. The Bertz CT molecular complexity index is 644. The van der Waals surface area contributed by atoms with Crippen molar-refractivity contribution < 1.29 is 4.79 Å². The minimum Gasteiger partial charge on any atom is -0.349 e. The van der Waals surface area contributed by atoms with Gasteiger partial charge < -0.3 is 5.32 Å². The highest BCUT2D eigenvalue weighted by Gasteiger charge is 2.44. The summed E-state index contributed by atoms with van der Waals surface area (Å²) in [4.78, 5) is 16.4. The highest BCUT2D eigenvalue weighted by molar-refractivity contribution is 9.10. The van der Waals surface area contributed by atoms with Crippen molar-refractivity contribution >= 4 is 21.8 Å². The maximum absolute atomic E-state index is 12.3. The number of pyridine rings is 1. The van der Waals surface area contributed by atoms with Crippen LogP contribution in [0.15, 0.2) is 53.3 Å². The highest BCUT2D eigenvalue weighted by atomic mass is 79.9. The number of carbonyl (C=O) groups is 1. The second kappa shape index (κ2) is 5.98. The Morgan fingerprint density at radius 1 is 1.38 bits per heavy atom. The van der Waals surface area contributed by atoms with E-state index in [1.165, 1.54) is 5.56 Å². The minimum atomic E-state index is -0.00467. The number of benzene rings is 1. The van der Waals surface area contributed by atoms with Crippen molar-refractivity contribution in [1.82, 2.24) is 10.3 Å². The lowest BCUT2D eigenvalue weighted by Gasteiger charge is -2.13. The number of nitrogens with zero attached hydrogens (tertiary/aromatic N) is 1. The van der Waals surface area contributed by atoms with Crippen LogP contribution in [0.1, 0.15) is 36.4 Å². The Labute approximate surface area is 132 Å². The molecule has 3 atom stereocenters. The molecule has 1 N–H and O–H groups in total. The van der Waals surface area contributed by atoms with Gasteiger partial charge in [-0.15, -0.1) is 0 Å². The maximum Gasteiger partial charge on any atom is 0.224 e. The van der Waals surface area contributed by atoms with E-state index >= 15 is 0 Å². The van der Waals surface area contributed by atoms with E-state index in [0.29, 0.717) is 5.92 Å². The molecular weight excluding hydrogens is 328 g/mol. The third-order valence-corrected chi connectivity index (χ3v) is 4.44. The van der Waals surface area contributed by atoms with E-state index in [9.17, 15) is 4.79 Å². The largest absolute Gasteiger partial charge is 0.349 e. The molecule has 0 aliphatic heterocycles. The molecule has 0 radical (unpaired) electrons. The second-order valence-electron chi connectivity index (χ2n) is 5.52. The molecule has 1 aromatic heterocycles. The Kier molecular flexibility index (Phi) is 4.06. The van der Waals surface area contributed by atoms with E-state index in [1.54, 1.807) is 12.4 Å². The number of halogens is 1. The molecule has 0 bridgehead atoms. The summed E-state index contributed by atoms with van der Waals surface area (Å²) in [6.45, 7) is 1.99. The average molecular weight is 345 g/mol. The lowest BCUT2D eigenvalue weighted by Crippen LogP contribution is -2.28. The van der Waals surface area contributed by atoms with E-state index in [4.69, 9.17) is 0 Å². The summed E-state index contributed by atoms with van der Waals surface area (Å²) in [5, 5.41) is 3.08. The van der Waals surface area contributed by atoms with Gasteiger partial charge in [-0.1, -0.05) is 34.1 Å². The molecule has 1 amide bonds. The van der Waals surface area contributed by atoms with Crippen molar-refractivity contribution in [3.8, 4) is 0 Å². The zero-order chi connectivity index (χ0) is 14.8. The van der Waals surface area contributed by atoms with E-state index in [1.807, 2.05) is 31.2 Å². The summed E-state index contributed by atoms with van der Waals surface area (Å²) in [6, 6.07) is 12.1. The molecule has 1 aliphatic carbocycles.